The molecule has 0 aliphatic carbocycles. The summed E-state index contributed by atoms with van der Waals surface area (Å²) in [6.07, 6.45) is 1.64. The highest BCUT2D eigenvalue weighted by atomic mass is 35.5. The van der Waals surface area contributed by atoms with Crippen LogP contribution in [0.15, 0.2) is 47.6 Å². The standard InChI is InChI=1S/C23H28ClN3O3/c1-16(21-9-8-20(29-2)14-22(21)30-3)25-26-23(28)18-10-12-27(13-11-18)15-17-4-6-19(24)7-5-17/h4-9,14,18H,10-13,15H2,1-3H3,(H,26,28). The first-order chi connectivity index (χ1) is 14.5. The number of halogens is 1. The largest absolute Gasteiger partial charge is 0.497 e. The molecule has 0 spiro atoms. The van der Waals surface area contributed by atoms with Crippen LogP contribution in [0.25, 0.3) is 0 Å². The average Bonchev–Trinajstić information content (AvgIpc) is 2.78. The Morgan fingerprint density at radius 2 is 1.83 bits per heavy atom. The van der Waals surface area contributed by atoms with Gasteiger partial charge in [-0.3, -0.25) is 9.69 Å². The number of methoxy groups -OCH3 is 2. The Morgan fingerprint density at radius 3 is 2.47 bits per heavy atom. The summed E-state index contributed by atoms with van der Waals surface area (Å²) in [6, 6.07) is 13.4. The molecule has 6 nitrogen and oxygen atoms in total. The number of nitrogens with one attached hydrogen (secondary N) is 1. The molecule has 0 atom stereocenters. The number of piperidine rings is 1. The molecule has 1 aliphatic heterocycles. The summed E-state index contributed by atoms with van der Waals surface area (Å²) >= 11 is 5.95. The number of carbonyl (C=O) groups excluding carboxylic acids is 1. The molecule has 3 rings (SSSR count). The zero-order chi connectivity index (χ0) is 21.5. The molecule has 2 aromatic rings. The van der Waals surface area contributed by atoms with E-state index in [1.54, 1.807) is 20.3 Å². The lowest BCUT2D eigenvalue weighted by Crippen LogP contribution is -2.39. The molecule has 30 heavy (non-hydrogen) atoms. The van der Waals surface area contributed by atoms with Gasteiger partial charge in [-0.05, 0) is 62.7 Å². The minimum Gasteiger partial charge on any atom is -0.497 e. The Bertz CT molecular complexity index is 891. The molecule has 160 valence electrons. The fraction of sp³-hybridized carbons (Fsp3) is 0.391. The van der Waals surface area contributed by atoms with Gasteiger partial charge in [0.15, 0.2) is 0 Å². The van der Waals surface area contributed by atoms with E-state index < -0.39 is 0 Å². The first-order valence-corrected chi connectivity index (χ1v) is 10.4. The van der Waals surface area contributed by atoms with Crippen LogP contribution >= 0.6 is 11.6 Å². The highest BCUT2D eigenvalue weighted by Crippen LogP contribution is 2.25. The van der Waals surface area contributed by atoms with E-state index in [-0.39, 0.29) is 11.8 Å². The number of hydrogen-bond acceptors (Lipinski definition) is 5. The molecule has 0 saturated carbocycles. The topological polar surface area (TPSA) is 63.2 Å². The summed E-state index contributed by atoms with van der Waals surface area (Å²) in [7, 11) is 3.21. The van der Waals surface area contributed by atoms with Crippen molar-refractivity contribution in [2.24, 2.45) is 11.0 Å². The quantitative estimate of drug-likeness (QED) is 0.531. The molecule has 1 amide bonds. The van der Waals surface area contributed by atoms with Crippen LogP contribution in [-0.2, 0) is 11.3 Å². The molecule has 0 unspecified atom stereocenters. The monoisotopic (exact) mass is 429 g/mol. The zero-order valence-corrected chi connectivity index (χ0v) is 18.4. The Hall–Kier alpha value is -2.57. The van der Waals surface area contributed by atoms with Crippen LogP contribution in [0.2, 0.25) is 5.02 Å². The van der Waals surface area contributed by atoms with Crippen LogP contribution in [0.5, 0.6) is 11.5 Å². The molecule has 1 aliphatic rings. The molecule has 1 heterocycles. The van der Waals surface area contributed by atoms with Gasteiger partial charge in [0.25, 0.3) is 0 Å². The van der Waals surface area contributed by atoms with Crippen molar-refractivity contribution in [2.75, 3.05) is 27.3 Å². The van der Waals surface area contributed by atoms with Gasteiger partial charge >= 0.3 is 0 Å². The average molecular weight is 430 g/mol. The second kappa shape index (κ2) is 10.5. The number of hydrogen-bond donors (Lipinski definition) is 1. The lowest BCUT2D eigenvalue weighted by molar-refractivity contribution is -0.126. The van der Waals surface area contributed by atoms with E-state index >= 15 is 0 Å². The number of carbonyl (C=O) groups is 1. The number of amides is 1. The predicted molar refractivity (Wildman–Crippen MR) is 119 cm³/mol. The van der Waals surface area contributed by atoms with E-state index in [9.17, 15) is 4.79 Å². The lowest BCUT2D eigenvalue weighted by Gasteiger charge is -2.31. The molecular formula is C23H28ClN3O3. The summed E-state index contributed by atoms with van der Waals surface area (Å²) in [6.45, 7) is 4.49. The van der Waals surface area contributed by atoms with E-state index in [0.717, 1.165) is 43.1 Å². The Kier molecular flexibility index (Phi) is 7.71. The Morgan fingerprint density at radius 1 is 1.13 bits per heavy atom. The molecule has 1 saturated heterocycles. The summed E-state index contributed by atoms with van der Waals surface area (Å²) in [5, 5.41) is 5.05. The highest BCUT2D eigenvalue weighted by Gasteiger charge is 2.25. The zero-order valence-electron chi connectivity index (χ0n) is 17.7. The van der Waals surface area contributed by atoms with Crippen LogP contribution in [-0.4, -0.2) is 43.8 Å². The summed E-state index contributed by atoms with van der Waals surface area (Å²) < 4.78 is 10.6. The second-order valence-corrected chi connectivity index (χ2v) is 7.85. The smallest absolute Gasteiger partial charge is 0.243 e. The van der Waals surface area contributed by atoms with Crippen molar-refractivity contribution in [1.82, 2.24) is 10.3 Å². The van der Waals surface area contributed by atoms with Crippen LogP contribution in [0.1, 0.15) is 30.9 Å². The van der Waals surface area contributed by atoms with E-state index in [2.05, 4.69) is 15.4 Å². The highest BCUT2D eigenvalue weighted by molar-refractivity contribution is 6.30. The van der Waals surface area contributed by atoms with Crippen molar-refractivity contribution in [3.63, 3.8) is 0 Å². The van der Waals surface area contributed by atoms with Crippen LogP contribution in [0.3, 0.4) is 0 Å². The Balaban J connectivity index is 1.52. The van der Waals surface area contributed by atoms with Crippen molar-refractivity contribution in [3.8, 4) is 11.5 Å². The van der Waals surface area contributed by atoms with Crippen molar-refractivity contribution in [2.45, 2.75) is 26.3 Å². The first kappa shape index (κ1) is 22.1. The maximum atomic E-state index is 12.6. The van der Waals surface area contributed by atoms with Gasteiger partial charge in [0.05, 0.1) is 19.9 Å². The van der Waals surface area contributed by atoms with Gasteiger partial charge in [-0.1, -0.05) is 23.7 Å². The van der Waals surface area contributed by atoms with E-state index in [0.29, 0.717) is 17.2 Å². The molecule has 0 bridgehead atoms. The molecular weight excluding hydrogens is 402 g/mol. The summed E-state index contributed by atoms with van der Waals surface area (Å²) in [5.41, 5.74) is 5.46. The minimum absolute atomic E-state index is 0.0271. The third-order valence-electron chi connectivity index (χ3n) is 5.41. The van der Waals surface area contributed by atoms with Crippen LogP contribution in [0, 0.1) is 5.92 Å². The van der Waals surface area contributed by atoms with Gasteiger partial charge < -0.3 is 9.47 Å². The van der Waals surface area contributed by atoms with Crippen LogP contribution in [0.4, 0.5) is 0 Å². The molecule has 1 N–H and O–H groups in total. The number of likely N-dealkylation sites (tertiary alicyclic amines) is 1. The number of hydrazone groups is 1. The van der Waals surface area contributed by atoms with E-state index in [1.165, 1.54) is 5.56 Å². The van der Waals surface area contributed by atoms with Gasteiger partial charge in [-0.15, -0.1) is 0 Å². The van der Waals surface area contributed by atoms with Gasteiger partial charge in [-0.25, -0.2) is 5.43 Å². The van der Waals surface area contributed by atoms with Crippen molar-refractivity contribution in [1.29, 1.82) is 0 Å². The van der Waals surface area contributed by atoms with E-state index in [1.807, 2.05) is 43.3 Å². The van der Waals surface area contributed by atoms with Gasteiger partial charge in [-0.2, -0.15) is 5.10 Å². The van der Waals surface area contributed by atoms with Crippen molar-refractivity contribution >= 4 is 23.2 Å². The first-order valence-electron chi connectivity index (χ1n) is 10.0. The maximum absolute atomic E-state index is 12.6. The van der Waals surface area contributed by atoms with Gasteiger partial charge in [0.2, 0.25) is 5.91 Å². The van der Waals surface area contributed by atoms with Crippen LogP contribution < -0.4 is 14.9 Å². The summed E-state index contributed by atoms with van der Waals surface area (Å²) in [5.74, 6) is 1.30. The third kappa shape index (κ3) is 5.74. The van der Waals surface area contributed by atoms with Crippen molar-refractivity contribution in [3.05, 3.63) is 58.6 Å². The fourth-order valence-electron chi connectivity index (χ4n) is 3.59. The number of benzene rings is 2. The predicted octanol–water partition coefficient (Wildman–Crippen LogP) is 4.11. The number of rotatable bonds is 7. The van der Waals surface area contributed by atoms with Gasteiger partial charge in [0.1, 0.15) is 11.5 Å². The normalized spacial score (nSPS) is 15.7. The SMILES string of the molecule is COc1ccc(C(C)=NNC(=O)C2CCN(Cc3ccc(Cl)cc3)CC2)c(OC)c1. The van der Waals surface area contributed by atoms with Crippen molar-refractivity contribution < 1.29 is 14.3 Å². The molecule has 2 aromatic carbocycles. The fourth-order valence-corrected chi connectivity index (χ4v) is 3.72. The minimum atomic E-state index is -0.0343. The Labute approximate surface area is 182 Å². The third-order valence-corrected chi connectivity index (χ3v) is 5.66. The maximum Gasteiger partial charge on any atom is 0.243 e. The lowest BCUT2D eigenvalue weighted by atomic mass is 9.96. The molecule has 0 radical (unpaired) electrons. The molecule has 1 fully saturated rings. The summed E-state index contributed by atoms with van der Waals surface area (Å²) in [4.78, 5) is 15.0. The second-order valence-electron chi connectivity index (χ2n) is 7.42. The van der Waals surface area contributed by atoms with E-state index in [4.69, 9.17) is 21.1 Å². The number of ether oxygens (including phenoxy) is 2. The molecule has 7 heteroatoms. The van der Waals surface area contributed by atoms with Gasteiger partial charge in [0, 0.05) is 29.1 Å². The molecule has 0 aromatic heterocycles. The number of nitrogens with zero attached hydrogens (tertiary/aromatic N) is 2.